The summed E-state index contributed by atoms with van der Waals surface area (Å²) in [5, 5.41) is 4.02. The van der Waals surface area contributed by atoms with Crippen LogP contribution in [0.2, 0.25) is 0 Å². The number of H-pyrrole nitrogens is 1. The van der Waals surface area contributed by atoms with Gasteiger partial charge in [0.1, 0.15) is 5.75 Å². The zero-order chi connectivity index (χ0) is 20.9. The van der Waals surface area contributed by atoms with Gasteiger partial charge in [0.25, 0.3) is 0 Å². The molecule has 6 rings (SSSR count). The topological polar surface area (TPSA) is 54.1 Å². The van der Waals surface area contributed by atoms with Crippen LogP contribution in [0.25, 0.3) is 10.9 Å². The van der Waals surface area contributed by atoms with E-state index in [0.717, 1.165) is 59.5 Å². The van der Waals surface area contributed by atoms with Crippen LogP contribution in [0, 0.1) is 11.3 Å². The summed E-state index contributed by atoms with van der Waals surface area (Å²) in [6.45, 7) is 0.341. The van der Waals surface area contributed by atoms with Crippen LogP contribution in [0.1, 0.15) is 30.4 Å². The maximum Gasteiger partial charge on any atom is 0.416 e. The van der Waals surface area contributed by atoms with E-state index in [-0.39, 0.29) is 11.3 Å². The van der Waals surface area contributed by atoms with Gasteiger partial charge in [-0.2, -0.15) is 13.2 Å². The lowest BCUT2D eigenvalue weighted by Gasteiger charge is -2.60. The fraction of sp³-hybridized carbons (Fsp3) is 0.348. The molecule has 156 valence electrons. The molecule has 1 aromatic heterocycles. The molecule has 3 aromatic rings. The first-order chi connectivity index (χ1) is 14.3. The average molecular weight is 414 g/mol. The largest absolute Gasteiger partial charge is 0.493 e. The highest BCUT2D eigenvalue weighted by molar-refractivity contribution is 6.04. The van der Waals surface area contributed by atoms with E-state index in [9.17, 15) is 18.0 Å². The predicted molar refractivity (Wildman–Crippen MR) is 107 cm³/mol. The van der Waals surface area contributed by atoms with Gasteiger partial charge in [0.15, 0.2) is 0 Å². The van der Waals surface area contributed by atoms with E-state index in [1.807, 2.05) is 24.4 Å². The van der Waals surface area contributed by atoms with E-state index >= 15 is 0 Å². The van der Waals surface area contributed by atoms with Crippen LogP contribution >= 0.6 is 0 Å². The molecule has 3 fully saturated rings. The van der Waals surface area contributed by atoms with Gasteiger partial charge in [0.05, 0.1) is 23.3 Å². The second-order valence-electron chi connectivity index (χ2n) is 8.42. The molecule has 2 aromatic carbocycles. The molecule has 0 saturated heterocycles. The molecule has 0 spiro atoms. The van der Waals surface area contributed by atoms with Gasteiger partial charge < -0.3 is 15.0 Å². The molecule has 0 aliphatic heterocycles. The summed E-state index contributed by atoms with van der Waals surface area (Å²) < 4.78 is 43.5. The minimum atomic E-state index is -4.35. The molecule has 1 heterocycles. The molecule has 1 amide bonds. The van der Waals surface area contributed by atoms with Crippen molar-refractivity contribution in [2.45, 2.75) is 31.9 Å². The summed E-state index contributed by atoms with van der Waals surface area (Å²) in [5.74, 6) is 1.26. The third kappa shape index (κ3) is 3.32. The quantitative estimate of drug-likeness (QED) is 0.556. The number of hydrogen-bond donors (Lipinski definition) is 2. The number of benzene rings is 2. The molecule has 4 nitrogen and oxygen atoms in total. The molecule has 3 saturated carbocycles. The number of nitrogens with one attached hydrogen (secondary N) is 2. The highest BCUT2D eigenvalue weighted by Crippen LogP contribution is 2.64. The Morgan fingerprint density at radius 3 is 2.50 bits per heavy atom. The summed E-state index contributed by atoms with van der Waals surface area (Å²) in [4.78, 5) is 15.8. The number of hydrogen-bond acceptors (Lipinski definition) is 2. The molecule has 0 radical (unpaired) electrons. The number of anilines is 1. The van der Waals surface area contributed by atoms with Gasteiger partial charge in [-0.3, -0.25) is 4.79 Å². The smallest absolute Gasteiger partial charge is 0.416 e. The Labute approximate surface area is 171 Å². The monoisotopic (exact) mass is 414 g/mol. The number of halogens is 3. The normalized spacial score (nSPS) is 22.3. The summed E-state index contributed by atoms with van der Waals surface area (Å²) >= 11 is 0. The maximum atomic E-state index is 12.6. The first kappa shape index (κ1) is 19.0. The van der Waals surface area contributed by atoms with Crippen molar-refractivity contribution >= 4 is 22.5 Å². The molecule has 3 aliphatic carbocycles. The summed E-state index contributed by atoms with van der Waals surface area (Å²) in [6, 6.07) is 10.6. The van der Waals surface area contributed by atoms with Crippen LogP contribution in [-0.4, -0.2) is 17.5 Å². The van der Waals surface area contributed by atoms with Crippen LogP contribution in [0.4, 0.5) is 18.9 Å². The lowest BCUT2D eigenvalue weighted by Crippen LogP contribution is -2.58. The van der Waals surface area contributed by atoms with Crippen LogP contribution in [0.15, 0.2) is 48.7 Å². The zero-order valence-corrected chi connectivity index (χ0v) is 16.2. The Balaban J connectivity index is 1.22. The maximum absolute atomic E-state index is 12.6. The van der Waals surface area contributed by atoms with Crippen molar-refractivity contribution in [1.82, 2.24) is 4.98 Å². The van der Waals surface area contributed by atoms with E-state index in [1.54, 1.807) is 0 Å². The molecule has 30 heavy (non-hydrogen) atoms. The highest BCUT2D eigenvalue weighted by Gasteiger charge is 2.61. The molecular weight excluding hydrogens is 393 g/mol. The highest BCUT2D eigenvalue weighted by atomic mass is 19.4. The summed E-state index contributed by atoms with van der Waals surface area (Å²) in [6.07, 6.45) is 1.09. The first-order valence-electron chi connectivity index (χ1n) is 10.0. The second kappa shape index (κ2) is 6.79. The lowest BCUT2D eigenvalue weighted by molar-refractivity contribution is -0.158. The van der Waals surface area contributed by atoms with Crippen molar-refractivity contribution in [1.29, 1.82) is 0 Å². The lowest BCUT2D eigenvalue weighted by atomic mass is 9.44. The molecule has 3 aliphatic rings. The van der Waals surface area contributed by atoms with Gasteiger partial charge >= 0.3 is 6.18 Å². The fourth-order valence-corrected chi connectivity index (χ4v) is 4.46. The van der Waals surface area contributed by atoms with Crippen molar-refractivity contribution in [2.75, 3.05) is 11.9 Å². The Morgan fingerprint density at radius 2 is 1.87 bits per heavy atom. The van der Waals surface area contributed by atoms with Crippen molar-refractivity contribution in [3.63, 3.8) is 0 Å². The number of carbonyl (C=O) groups excluding carboxylic acids is 1. The zero-order valence-electron chi connectivity index (χ0n) is 16.2. The number of rotatable bonds is 6. The number of amides is 1. The van der Waals surface area contributed by atoms with Crippen molar-refractivity contribution in [3.05, 3.63) is 59.8 Å². The van der Waals surface area contributed by atoms with E-state index < -0.39 is 11.7 Å². The average Bonchev–Trinajstić information content (AvgIpc) is 3.01. The molecule has 2 bridgehead atoms. The van der Waals surface area contributed by atoms with Gasteiger partial charge in [-0.25, -0.2) is 0 Å². The Kier molecular flexibility index (Phi) is 4.31. The molecule has 0 atom stereocenters. The third-order valence-electron chi connectivity index (χ3n) is 6.36. The Morgan fingerprint density at radius 1 is 1.13 bits per heavy atom. The van der Waals surface area contributed by atoms with E-state index in [4.69, 9.17) is 4.74 Å². The number of ether oxygens (including phenoxy) is 1. The molecule has 2 N–H and O–H groups in total. The number of fused-ring (bicyclic) bond motifs is 1. The van der Waals surface area contributed by atoms with E-state index in [2.05, 4.69) is 10.3 Å². The third-order valence-corrected chi connectivity index (χ3v) is 6.36. The number of aromatic nitrogens is 1. The Hall–Kier alpha value is -2.96. The van der Waals surface area contributed by atoms with Crippen LogP contribution in [0.3, 0.4) is 0 Å². The van der Waals surface area contributed by atoms with Gasteiger partial charge in [-0.1, -0.05) is 6.07 Å². The van der Waals surface area contributed by atoms with E-state index in [1.165, 1.54) is 12.1 Å². The first-order valence-corrected chi connectivity index (χ1v) is 10.0. The van der Waals surface area contributed by atoms with Crippen LogP contribution in [0.5, 0.6) is 5.75 Å². The Bertz CT molecular complexity index is 1080. The fourth-order valence-electron chi connectivity index (χ4n) is 4.46. The summed E-state index contributed by atoms with van der Waals surface area (Å²) in [5.41, 5.74) is 1.92. The predicted octanol–water partition coefficient (Wildman–Crippen LogP) is 5.55. The van der Waals surface area contributed by atoms with Gasteiger partial charge in [-0.05, 0) is 67.1 Å². The van der Waals surface area contributed by atoms with Gasteiger partial charge in [-0.15, -0.1) is 0 Å². The molecule has 7 heteroatoms. The van der Waals surface area contributed by atoms with Crippen LogP contribution in [-0.2, 0) is 17.4 Å². The number of carbonyl (C=O) groups is 1. The summed E-state index contributed by atoms with van der Waals surface area (Å²) in [7, 11) is 0. The second-order valence-corrected chi connectivity index (χ2v) is 8.42. The van der Waals surface area contributed by atoms with Crippen molar-refractivity contribution in [2.24, 2.45) is 11.3 Å². The number of alkyl halides is 3. The minimum Gasteiger partial charge on any atom is -0.493 e. The van der Waals surface area contributed by atoms with Crippen LogP contribution < -0.4 is 10.1 Å². The van der Waals surface area contributed by atoms with Crippen molar-refractivity contribution < 1.29 is 22.7 Å². The van der Waals surface area contributed by atoms with Crippen molar-refractivity contribution in [3.8, 4) is 5.75 Å². The van der Waals surface area contributed by atoms with Gasteiger partial charge in [0, 0.05) is 23.5 Å². The molecule has 0 unspecified atom stereocenters. The molecular formula is C23H21F3N2O2. The SMILES string of the molecule is O=C(Nc1c[nH]c2ccc(CCOc3ccc(C(F)(F)F)cc3)cc12)C12CC(C1)C2. The minimum absolute atomic E-state index is 0.113. The standard InChI is InChI=1S/C23H21F3N2O2/c24-23(25,26)16-2-4-17(5-3-16)30-8-7-14-1-6-19-18(9-14)20(13-27-19)28-21(29)22-10-15(11-22)12-22/h1-6,9,13,15,27H,7-8,10-12H2,(H,28,29). The number of aromatic amines is 1. The van der Waals surface area contributed by atoms with E-state index in [0.29, 0.717) is 18.8 Å². The van der Waals surface area contributed by atoms with Gasteiger partial charge in [0.2, 0.25) is 5.91 Å².